The topological polar surface area (TPSA) is 56.7 Å². The Morgan fingerprint density at radius 3 is 2.93 bits per heavy atom. The van der Waals surface area contributed by atoms with Gasteiger partial charge in [0.05, 0.1) is 11.9 Å². The number of aromatic nitrogens is 3. The number of nitrogens with two attached hydrogens (primary N) is 1. The van der Waals surface area contributed by atoms with E-state index in [1.807, 2.05) is 25.3 Å². The molecule has 0 saturated carbocycles. The molecule has 0 spiro atoms. The van der Waals surface area contributed by atoms with E-state index in [-0.39, 0.29) is 4.99 Å². The van der Waals surface area contributed by atoms with Crippen LogP contribution in [0.5, 0.6) is 0 Å². The lowest BCUT2D eigenvalue weighted by Crippen LogP contribution is -2.15. The molecule has 0 bridgehead atoms. The Balaban J connectivity index is 2.57. The third-order valence-corrected chi connectivity index (χ3v) is 2.17. The Morgan fingerprint density at radius 2 is 2.33 bits per heavy atom. The minimum absolute atomic E-state index is 0.277. The van der Waals surface area contributed by atoms with Crippen LogP contribution in [0.4, 0.5) is 0 Å². The van der Waals surface area contributed by atoms with Gasteiger partial charge in [-0.1, -0.05) is 12.2 Å². The molecule has 2 rings (SSSR count). The standard InChI is InChI=1S/C10H10N4S/c1-7-5-13-14(6-7)8-3-2-4-12-9(8)10(11)15/h2-6H,1H3,(H2,11,15). The summed E-state index contributed by atoms with van der Waals surface area (Å²) in [7, 11) is 0. The largest absolute Gasteiger partial charge is 0.388 e. The first kappa shape index (κ1) is 9.79. The molecule has 4 nitrogen and oxygen atoms in total. The van der Waals surface area contributed by atoms with Gasteiger partial charge in [-0.15, -0.1) is 0 Å². The molecule has 0 aromatic carbocycles. The normalized spacial score (nSPS) is 10.2. The molecule has 2 aromatic heterocycles. The van der Waals surface area contributed by atoms with Crippen LogP contribution in [0.15, 0.2) is 30.7 Å². The maximum absolute atomic E-state index is 5.59. The summed E-state index contributed by atoms with van der Waals surface area (Å²) in [5.41, 5.74) is 8.06. The maximum Gasteiger partial charge on any atom is 0.124 e. The first-order chi connectivity index (χ1) is 7.18. The molecule has 0 radical (unpaired) electrons. The zero-order valence-corrected chi connectivity index (χ0v) is 9.03. The van der Waals surface area contributed by atoms with Crippen LogP contribution < -0.4 is 5.73 Å². The molecule has 0 amide bonds. The van der Waals surface area contributed by atoms with Gasteiger partial charge in [0.2, 0.25) is 0 Å². The fourth-order valence-corrected chi connectivity index (χ4v) is 1.47. The fraction of sp³-hybridized carbons (Fsp3) is 0.100. The van der Waals surface area contributed by atoms with Crippen molar-refractivity contribution in [2.24, 2.45) is 5.73 Å². The lowest BCUT2D eigenvalue weighted by molar-refractivity contribution is 0.871. The van der Waals surface area contributed by atoms with E-state index in [0.717, 1.165) is 11.3 Å². The van der Waals surface area contributed by atoms with Crippen LogP contribution in [-0.4, -0.2) is 19.8 Å². The van der Waals surface area contributed by atoms with Crippen LogP contribution in [0.3, 0.4) is 0 Å². The van der Waals surface area contributed by atoms with Gasteiger partial charge in [-0.3, -0.25) is 4.98 Å². The molecule has 5 heteroatoms. The number of hydrogen-bond donors (Lipinski definition) is 1. The number of pyridine rings is 1. The summed E-state index contributed by atoms with van der Waals surface area (Å²) in [6.07, 6.45) is 5.34. The van der Waals surface area contributed by atoms with Gasteiger partial charge in [0.25, 0.3) is 0 Å². The molecule has 76 valence electrons. The van der Waals surface area contributed by atoms with E-state index in [1.165, 1.54) is 0 Å². The Bertz CT molecular complexity index is 504. The Kier molecular flexibility index (Phi) is 2.47. The molecular formula is C10H10N4S. The summed E-state index contributed by atoms with van der Waals surface area (Å²) in [5, 5.41) is 4.19. The van der Waals surface area contributed by atoms with Crippen molar-refractivity contribution in [3.05, 3.63) is 42.0 Å². The first-order valence-corrected chi connectivity index (χ1v) is 4.86. The highest BCUT2D eigenvalue weighted by atomic mass is 32.1. The van der Waals surface area contributed by atoms with Gasteiger partial charge in [-0.05, 0) is 24.6 Å². The lowest BCUT2D eigenvalue weighted by atomic mass is 10.3. The van der Waals surface area contributed by atoms with E-state index >= 15 is 0 Å². The van der Waals surface area contributed by atoms with Crippen molar-refractivity contribution in [2.45, 2.75) is 6.92 Å². The van der Waals surface area contributed by atoms with Crippen molar-refractivity contribution in [3.63, 3.8) is 0 Å². The molecule has 2 aromatic rings. The zero-order valence-electron chi connectivity index (χ0n) is 8.21. The molecule has 2 N–H and O–H groups in total. The predicted molar refractivity (Wildman–Crippen MR) is 62.0 cm³/mol. The first-order valence-electron chi connectivity index (χ1n) is 4.45. The van der Waals surface area contributed by atoms with E-state index in [1.54, 1.807) is 17.1 Å². The van der Waals surface area contributed by atoms with E-state index < -0.39 is 0 Å². The molecular weight excluding hydrogens is 208 g/mol. The van der Waals surface area contributed by atoms with Crippen LogP contribution >= 0.6 is 12.2 Å². The van der Waals surface area contributed by atoms with E-state index in [2.05, 4.69) is 10.1 Å². The monoisotopic (exact) mass is 218 g/mol. The minimum Gasteiger partial charge on any atom is -0.388 e. The molecule has 15 heavy (non-hydrogen) atoms. The lowest BCUT2D eigenvalue weighted by Gasteiger charge is -2.05. The van der Waals surface area contributed by atoms with Crippen molar-refractivity contribution in [1.82, 2.24) is 14.8 Å². The Labute approximate surface area is 92.7 Å². The van der Waals surface area contributed by atoms with Gasteiger partial charge in [0, 0.05) is 12.4 Å². The van der Waals surface area contributed by atoms with Gasteiger partial charge in [0.15, 0.2) is 0 Å². The average Bonchev–Trinajstić information content (AvgIpc) is 2.65. The van der Waals surface area contributed by atoms with E-state index in [0.29, 0.717) is 5.69 Å². The van der Waals surface area contributed by atoms with E-state index in [4.69, 9.17) is 18.0 Å². The summed E-state index contributed by atoms with van der Waals surface area (Å²) in [6, 6.07) is 3.71. The fourth-order valence-electron chi connectivity index (χ4n) is 1.32. The van der Waals surface area contributed by atoms with Crippen LogP contribution in [-0.2, 0) is 0 Å². The predicted octanol–water partition coefficient (Wildman–Crippen LogP) is 1.21. The number of nitrogens with zero attached hydrogens (tertiary/aromatic N) is 3. The van der Waals surface area contributed by atoms with Gasteiger partial charge in [0.1, 0.15) is 10.7 Å². The van der Waals surface area contributed by atoms with Crippen molar-refractivity contribution < 1.29 is 0 Å². The second-order valence-corrected chi connectivity index (χ2v) is 3.64. The maximum atomic E-state index is 5.59. The van der Waals surface area contributed by atoms with Crippen molar-refractivity contribution in [2.75, 3.05) is 0 Å². The third kappa shape index (κ3) is 1.87. The third-order valence-electron chi connectivity index (χ3n) is 1.98. The average molecular weight is 218 g/mol. The molecule has 2 heterocycles. The van der Waals surface area contributed by atoms with E-state index in [9.17, 15) is 0 Å². The van der Waals surface area contributed by atoms with Gasteiger partial charge >= 0.3 is 0 Å². The van der Waals surface area contributed by atoms with Crippen LogP contribution in [0.2, 0.25) is 0 Å². The summed E-state index contributed by atoms with van der Waals surface area (Å²) < 4.78 is 1.72. The Morgan fingerprint density at radius 1 is 1.53 bits per heavy atom. The van der Waals surface area contributed by atoms with Crippen LogP contribution in [0, 0.1) is 6.92 Å². The van der Waals surface area contributed by atoms with Gasteiger partial charge < -0.3 is 5.73 Å². The highest BCUT2D eigenvalue weighted by molar-refractivity contribution is 7.80. The molecule has 0 fully saturated rings. The molecule has 0 aliphatic carbocycles. The summed E-state index contributed by atoms with van der Waals surface area (Å²) >= 11 is 4.93. The summed E-state index contributed by atoms with van der Waals surface area (Å²) in [5.74, 6) is 0. The van der Waals surface area contributed by atoms with Crippen LogP contribution in [0.1, 0.15) is 11.3 Å². The summed E-state index contributed by atoms with van der Waals surface area (Å²) in [4.78, 5) is 4.41. The molecule has 0 aliphatic rings. The zero-order chi connectivity index (χ0) is 10.8. The quantitative estimate of drug-likeness (QED) is 0.770. The van der Waals surface area contributed by atoms with Crippen molar-refractivity contribution in [1.29, 1.82) is 0 Å². The minimum atomic E-state index is 0.277. The van der Waals surface area contributed by atoms with Crippen molar-refractivity contribution in [3.8, 4) is 5.69 Å². The van der Waals surface area contributed by atoms with Gasteiger partial charge in [-0.25, -0.2) is 4.68 Å². The SMILES string of the molecule is Cc1cnn(-c2cccnc2C(N)=S)c1. The number of aryl methyl sites for hydroxylation is 1. The number of hydrogen-bond acceptors (Lipinski definition) is 3. The molecule has 0 unspecified atom stereocenters. The second kappa shape index (κ2) is 3.78. The molecule has 0 saturated heterocycles. The molecule has 0 atom stereocenters. The molecule has 0 aliphatic heterocycles. The number of rotatable bonds is 2. The highest BCUT2D eigenvalue weighted by Crippen LogP contribution is 2.11. The van der Waals surface area contributed by atoms with Gasteiger partial charge in [-0.2, -0.15) is 5.10 Å². The van der Waals surface area contributed by atoms with Crippen molar-refractivity contribution >= 4 is 17.2 Å². The number of thiocarbonyl (C=S) groups is 1. The smallest absolute Gasteiger partial charge is 0.124 e. The second-order valence-electron chi connectivity index (χ2n) is 3.20. The highest BCUT2D eigenvalue weighted by Gasteiger charge is 2.08. The van der Waals surface area contributed by atoms with Crippen LogP contribution in [0.25, 0.3) is 5.69 Å². The summed E-state index contributed by atoms with van der Waals surface area (Å²) in [6.45, 7) is 1.97. The Hall–Kier alpha value is -1.75.